The summed E-state index contributed by atoms with van der Waals surface area (Å²) in [7, 11) is 0. The fourth-order valence-corrected chi connectivity index (χ4v) is 3.58. The second kappa shape index (κ2) is 6.79. The Morgan fingerprint density at radius 1 is 1.19 bits per heavy atom. The Balaban J connectivity index is 1.74. The molecule has 4 rings (SSSR count). The van der Waals surface area contributed by atoms with Crippen LogP contribution in [0, 0.1) is 6.92 Å². The molecule has 8 heteroatoms. The number of aromatic nitrogens is 4. The molecule has 1 atom stereocenters. The number of rotatable bonds is 3. The van der Waals surface area contributed by atoms with Crippen molar-refractivity contribution in [3.63, 3.8) is 0 Å². The van der Waals surface area contributed by atoms with Crippen molar-refractivity contribution in [2.75, 3.05) is 6.54 Å². The van der Waals surface area contributed by atoms with Crippen LogP contribution in [0.5, 0.6) is 0 Å². The molecule has 8 nitrogen and oxygen atoms in total. The summed E-state index contributed by atoms with van der Waals surface area (Å²) in [5.74, 6) is -1.37. The number of pyridine rings is 1. The molecule has 2 aromatic heterocycles. The van der Waals surface area contributed by atoms with Gasteiger partial charge in [-0.05, 0) is 38.3 Å². The van der Waals surface area contributed by atoms with Gasteiger partial charge in [-0.25, -0.2) is 9.48 Å². The van der Waals surface area contributed by atoms with Crippen LogP contribution >= 0.6 is 0 Å². The maximum Gasteiger partial charge on any atom is 0.326 e. The van der Waals surface area contributed by atoms with Gasteiger partial charge < -0.3 is 10.0 Å². The van der Waals surface area contributed by atoms with Crippen molar-refractivity contribution in [2.45, 2.75) is 32.2 Å². The lowest BCUT2D eigenvalue weighted by molar-refractivity contribution is -0.143. The van der Waals surface area contributed by atoms with Gasteiger partial charge in [-0.1, -0.05) is 23.4 Å². The van der Waals surface area contributed by atoms with Crippen LogP contribution in [0.2, 0.25) is 0 Å². The number of hydrogen-bond acceptors (Lipinski definition) is 5. The Kier molecular flexibility index (Phi) is 4.31. The molecule has 1 aromatic carbocycles. The highest BCUT2D eigenvalue weighted by Gasteiger charge is 2.34. The van der Waals surface area contributed by atoms with Crippen LogP contribution in [-0.4, -0.2) is 54.4 Å². The van der Waals surface area contributed by atoms with Crippen molar-refractivity contribution in [1.29, 1.82) is 0 Å². The zero-order valence-electron chi connectivity index (χ0n) is 14.9. The summed E-state index contributed by atoms with van der Waals surface area (Å²) in [6, 6.07) is 8.72. The molecule has 3 heterocycles. The molecule has 0 aliphatic carbocycles. The number of carboxylic acids is 1. The average Bonchev–Trinajstić information content (AvgIpc) is 3.08. The molecule has 1 fully saturated rings. The minimum atomic E-state index is -0.980. The second-order valence-corrected chi connectivity index (χ2v) is 6.64. The predicted molar refractivity (Wildman–Crippen MR) is 97.7 cm³/mol. The molecule has 0 unspecified atom stereocenters. The summed E-state index contributed by atoms with van der Waals surface area (Å²) in [4.78, 5) is 30.3. The van der Waals surface area contributed by atoms with E-state index in [0.29, 0.717) is 18.7 Å². The number of aliphatic carboxylic acids is 1. The molecular weight excluding hydrogens is 346 g/mol. The third-order valence-corrected chi connectivity index (χ3v) is 4.99. The molecule has 0 spiro atoms. The van der Waals surface area contributed by atoms with Crippen LogP contribution < -0.4 is 0 Å². The summed E-state index contributed by atoms with van der Waals surface area (Å²) in [5.41, 5.74) is 2.22. The Bertz CT molecular complexity index is 1020. The van der Waals surface area contributed by atoms with E-state index in [4.69, 9.17) is 0 Å². The standard InChI is InChI=1S/C19H19N5O3/c1-12-16(18(25)23-11-3-2-8-15(23)19(26)27)21-22-24(12)14-9-4-6-13-7-5-10-20-17(13)14/h4-7,9-10,15H,2-3,8,11H2,1H3,(H,26,27)/t15-/m1/s1. The van der Waals surface area contributed by atoms with Gasteiger partial charge in [0, 0.05) is 18.1 Å². The Hall–Kier alpha value is -3.29. The van der Waals surface area contributed by atoms with E-state index in [1.165, 1.54) is 4.90 Å². The zero-order valence-corrected chi connectivity index (χ0v) is 14.9. The van der Waals surface area contributed by atoms with E-state index < -0.39 is 12.0 Å². The number of piperidine rings is 1. The number of para-hydroxylation sites is 1. The second-order valence-electron chi connectivity index (χ2n) is 6.64. The topological polar surface area (TPSA) is 101 Å². The van der Waals surface area contributed by atoms with Gasteiger partial charge in [-0.15, -0.1) is 5.10 Å². The molecule has 1 saturated heterocycles. The van der Waals surface area contributed by atoms with Gasteiger partial charge in [-0.3, -0.25) is 9.78 Å². The van der Waals surface area contributed by atoms with E-state index in [2.05, 4.69) is 15.3 Å². The first-order chi connectivity index (χ1) is 13.1. The van der Waals surface area contributed by atoms with Gasteiger partial charge in [-0.2, -0.15) is 0 Å². The number of nitrogens with zero attached hydrogens (tertiary/aromatic N) is 5. The number of carbonyl (C=O) groups is 2. The Labute approximate surface area is 155 Å². The van der Waals surface area contributed by atoms with Crippen molar-refractivity contribution < 1.29 is 14.7 Å². The smallest absolute Gasteiger partial charge is 0.326 e. The van der Waals surface area contributed by atoms with E-state index >= 15 is 0 Å². The van der Waals surface area contributed by atoms with Crippen LogP contribution in [0.3, 0.4) is 0 Å². The average molecular weight is 365 g/mol. The van der Waals surface area contributed by atoms with Gasteiger partial charge in [0.2, 0.25) is 0 Å². The highest BCUT2D eigenvalue weighted by molar-refractivity contribution is 5.96. The fraction of sp³-hybridized carbons (Fsp3) is 0.316. The maximum atomic E-state index is 13.0. The SMILES string of the molecule is Cc1c(C(=O)N2CCCC[C@@H]2C(=O)O)nnn1-c1cccc2cccnc12. The lowest BCUT2D eigenvalue weighted by Crippen LogP contribution is -2.48. The minimum Gasteiger partial charge on any atom is -0.480 e. The molecular formula is C19H19N5O3. The molecule has 27 heavy (non-hydrogen) atoms. The van der Waals surface area contributed by atoms with Crippen molar-refractivity contribution in [2.24, 2.45) is 0 Å². The van der Waals surface area contributed by atoms with E-state index in [0.717, 1.165) is 29.4 Å². The predicted octanol–water partition coefficient (Wildman–Crippen LogP) is 2.20. The lowest BCUT2D eigenvalue weighted by Gasteiger charge is -2.32. The number of carboxylic acid groups (broad SMARTS) is 1. The first-order valence-corrected chi connectivity index (χ1v) is 8.88. The highest BCUT2D eigenvalue weighted by atomic mass is 16.4. The fourth-order valence-electron chi connectivity index (χ4n) is 3.58. The maximum absolute atomic E-state index is 13.0. The number of carbonyl (C=O) groups excluding carboxylic acids is 1. The van der Waals surface area contributed by atoms with Crippen molar-refractivity contribution in [3.05, 3.63) is 47.9 Å². The summed E-state index contributed by atoms with van der Waals surface area (Å²) in [6.07, 6.45) is 3.75. The number of fused-ring (bicyclic) bond motifs is 1. The molecule has 3 aromatic rings. The zero-order chi connectivity index (χ0) is 19.0. The van der Waals surface area contributed by atoms with Gasteiger partial charge in [0.05, 0.1) is 16.9 Å². The molecule has 1 aliphatic heterocycles. The third-order valence-electron chi connectivity index (χ3n) is 4.99. The lowest BCUT2D eigenvalue weighted by atomic mass is 10.0. The quantitative estimate of drug-likeness (QED) is 0.764. The van der Waals surface area contributed by atoms with E-state index in [9.17, 15) is 14.7 Å². The van der Waals surface area contributed by atoms with E-state index in [-0.39, 0.29) is 11.6 Å². The summed E-state index contributed by atoms with van der Waals surface area (Å²) < 4.78 is 1.59. The summed E-state index contributed by atoms with van der Waals surface area (Å²) in [5, 5.41) is 18.6. The van der Waals surface area contributed by atoms with Crippen LogP contribution in [0.25, 0.3) is 16.6 Å². The van der Waals surface area contributed by atoms with Gasteiger partial charge in [0.15, 0.2) is 5.69 Å². The minimum absolute atomic E-state index is 0.177. The normalized spacial score (nSPS) is 17.2. The van der Waals surface area contributed by atoms with Crippen LogP contribution in [-0.2, 0) is 4.79 Å². The van der Waals surface area contributed by atoms with Gasteiger partial charge in [0.25, 0.3) is 5.91 Å². The number of benzene rings is 1. The molecule has 0 saturated carbocycles. The van der Waals surface area contributed by atoms with E-state index in [1.807, 2.05) is 30.3 Å². The van der Waals surface area contributed by atoms with Crippen LogP contribution in [0.4, 0.5) is 0 Å². The number of likely N-dealkylation sites (tertiary alicyclic amines) is 1. The highest BCUT2D eigenvalue weighted by Crippen LogP contribution is 2.24. The van der Waals surface area contributed by atoms with Gasteiger partial charge in [0.1, 0.15) is 6.04 Å². The van der Waals surface area contributed by atoms with E-state index in [1.54, 1.807) is 17.8 Å². The molecule has 1 aliphatic rings. The number of amides is 1. The first kappa shape index (κ1) is 17.1. The Morgan fingerprint density at radius 3 is 2.81 bits per heavy atom. The van der Waals surface area contributed by atoms with Crippen molar-refractivity contribution in [3.8, 4) is 5.69 Å². The van der Waals surface area contributed by atoms with Gasteiger partial charge >= 0.3 is 5.97 Å². The molecule has 1 N–H and O–H groups in total. The van der Waals surface area contributed by atoms with Crippen molar-refractivity contribution in [1.82, 2.24) is 24.9 Å². The largest absolute Gasteiger partial charge is 0.480 e. The monoisotopic (exact) mass is 365 g/mol. The summed E-state index contributed by atoms with van der Waals surface area (Å²) >= 11 is 0. The summed E-state index contributed by atoms with van der Waals surface area (Å²) in [6.45, 7) is 2.17. The first-order valence-electron chi connectivity index (χ1n) is 8.88. The Morgan fingerprint density at radius 2 is 2.00 bits per heavy atom. The molecule has 0 radical (unpaired) electrons. The van der Waals surface area contributed by atoms with Crippen molar-refractivity contribution >= 4 is 22.8 Å². The molecule has 1 amide bonds. The number of hydrogen-bond donors (Lipinski definition) is 1. The molecule has 138 valence electrons. The third kappa shape index (κ3) is 2.92. The van der Waals surface area contributed by atoms with Crippen LogP contribution in [0.15, 0.2) is 36.5 Å². The van der Waals surface area contributed by atoms with Crippen LogP contribution in [0.1, 0.15) is 35.4 Å². The molecule has 0 bridgehead atoms.